The van der Waals surface area contributed by atoms with Crippen molar-refractivity contribution in [3.05, 3.63) is 66.2 Å². The molecule has 26 heavy (non-hydrogen) atoms. The van der Waals surface area contributed by atoms with Crippen LogP contribution in [0.3, 0.4) is 0 Å². The predicted molar refractivity (Wildman–Crippen MR) is 106 cm³/mol. The van der Waals surface area contributed by atoms with Crippen LogP contribution in [0.1, 0.15) is 25.5 Å². The van der Waals surface area contributed by atoms with Crippen LogP contribution in [0.2, 0.25) is 0 Å². The molecule has 0 radical (unpaired) electrons. The number of rotatable bonds is 8. The van der Waals surface area contributed by atoms with Crippen molar-refractivity contribution in [2.24, 2.45) is 4.99 Å². The lowest BCUT2D eigenvalue weighted by molar-refractivity contribution is 0.582. The van der Waals surface area contributed by atoms with Crippen molar-refractivity contribution in [3.8, 4) is 0 Å². The molecule has 0 fully saturated rings. The molecule has 2 aromatic carbocycles. The van der Waals surface area contributed by atoms with Crippen LogP contribution < -0.4 is 15.4 Å². The number of aliphatic imine (C=N–C) groups is 1. The second-order valence-electron chi connectivity index (χ2n) is 5.75. The quantitative estimate of drug-likeness (QED) is 0.376. The summed E-state index contributed by atoms with van der Waals surface area (Å²) in [6, 6.07) is 18.5. The first kappa shape index (κ1) is 19.9. The molecule has 0 bridgehead atoms. The van der Waals surface area contributed by atoms with E-state index < -0.39 is 10.0 Å². The lowest BCUT2D eigenvalue weighted by atomic mass is 10.1. The van der Waals surface area contributed by atoms with E-state index in [-0.39, 0.29) is 17.5 Å². The van der Waals surface area contributed by atoms with Crippen LogP contribution in [0.15, 0.2) is 70.6 Å². The smallest absolute Gasteiger partial charge is 0.240 e. The molecule has 0 aliphatic carbocycles. The fraction of sp³-hybridized carbons (Fsp3) is 0.316. The molecule has 0 aliphatic rings. The van der Waals surface area contributed by atoms with Gasteiger partial charge in [0.2, 0.25) is 10.0 Å². The molecule has 0 saturated carbocycles. The minimum atomic E-state index is -3.50. The topological polar surface area (TPSA) is 82.6 Å². The van der Waals surface area contributed by atoms with Gasteiger partial charge >= 0.3 is 0 Å². The molecule has 2 aromatic rings. The van der Waals surface area contributed by atoms with E-state index in [1.807, 2.05) is 25.1 Å². The van der Waals surface area contributed by atoms with Crippen LogP contribution in [0, 0.1) is 0 Å². The first-order chi connectivity index (χ1) is 12.5. The Hall–Kier alpha value is -2.38. The molecular weight excluding hydrogens is 348 g/mol. The minimum absolute atomic E-state index is 0.0926. The molecule has 0 spiro atoms. The summed E-state index contributed by atoms with van der Waals surface area (Å²) < 4.78 is 26.9. The number of benzene rings is 2. The third kappa shape index (κ3) is 6.16. The normalized spacial score (nSPS) is 13.2. The summed E-state index contributed by atoms with van der Waals surface area (Å²) in [5.74, 6) is 0.655. The molecule has 0 saturated heterocycles. The second kappa shape index (κ2) is 9.94. The van der Waals surface area contributed by atoms with Gasteiger partial charge in [0.1, 0.15) is 0 Å². The van der Waals surface area contributed by atoms with Crippen LogP contribution in [-0.4, -0.2) is 34.0 Å². The molecular formula is C19H26N4O2S. The second-order valence-corrected chi connectivity index (χ2v) is 7.52. The van der Waals surface area contributed by atoms with Gasteiger partial charge in [-0.1, -0.05) is 48.5 Å². The van der Waals surface area contributed by atoms with Crippen molar-refractivity contribution in [1.82, 2.24) is 15.4 Å². The van der Waals surface area contributed by atoms with Gasteiger partial charge in [-0.3, -0.25) is 4.99 Å². The monoisotopic (exact) mass is 374 g/mol. The molecule has 1 unspecified atom stereocenters. The zero-order chi connectivity index (χ0) is 18.8. The molecule has 3 N–H and O–H groups in total. The molecule has 0 aromatic heterocycles. The number of guanidine groups is 1. The molecule has 2 rings (SSSR count). The molecule has 6 nitrogen and oxygen atoms in total. The van der Waals surface area contributed by atoms with Crippen molar-refractivity contribution in [2.75, 3.05) is 19.6 Å². The van der Waals surface area contributed by atoms with E-state index in [0.29, 0.717) is 12.5 Å². The Bertz CT molecular complexity index is 793. The van der Waals surface area contributed by atoms with Crippen LogP contribution in [0.5, 0.6) is 0 Å². The maximum atomic E-state index is 12.2. The van der Waals surface area contributed by atoms with Gasteiger partial charge in [0.25, 0.3) is 0 Å². The summed E-state index contributed by atoms with van der Waals surface area (Å²) >= 11 is 0. The fourth-order valence-corrected chi connectivity index (χ4v) is 3.42. The summed E-state index contributed by atoms with van der Waals surface area (Å²) in [4.78, 5) is 4.70. The van der Waals surface area contributed by atoms with Crippen molar-refractivity contribution in [1.29, 1.82) is 0 Å². The predicted octanol–water partition coefficient (Wildman–Crippen LogP) is 2.28. The van der Waals surface area contributed by atoms with Crippen molar-refractivity contribution in [2.45, 2.75) is 24.8 Å². The van der Waals surface area contributed by atoms with Gasteiger partial charge in [-0.05, 0) is 31.5 Å². The Balaban J connectivity index is 1.91. The number of hydrogen-bond donors (Lipinski definition) is 3. The van der Waals surface area contributed by atoms with E-state index in [9.17, 15) is 8.42 Å². The molecule has 0 amide bonds. The molecule has 0 aliphatic heterocycles. The minimum Gasteiger partial charge on any atom is -0.357 e. The third-order valence-electron chi connectivity index (χ3n) is 3.72. The van der Waals surface area contributed by atoms with E-state index in [0.717, 1.165) is 12.1 Å². The average Bonchev–Trinajstić information content (AvgIpc) is 2.66. The average molecular weight is 375 g/mol. The molecule has 7 heteroatoms. The Morgan fingerprint density at radius 1 is 1.04 bits per heavy atom. The van der Waals surface area contributed by atoms with E-state index >= 15 is 0 Å². The molecule has 140 valence electrons. The Morgan fingerprint density at radius 2 is 1.65 bits per heavy atom. The first-order valence-electron chi connectivity index (χ1n) is 8.67. The number of nitrogens with one attached hydrogen (secondary N) is 3. The van der Waals surface area contributed by atoms with E-state index in [4.69, 9.17) is 0 Å². The van der Waals surface area contributed by atoms with Gasteiger partial charge in [0.15, 0.2) is 5.96 Å². The maximum absolute atomic E-state index is 12.2. The summed E-state index contributed by atoms with van der Waals surface area (Å²) in [7, 11) is -3.50. The zero-order valence-corrected chi connectivity index (χ0v) is 16.0. The zero-order valence-electron chi connectivity index (χ0n) is 15.1. The van der Waals surface area contributed by atoms with Gasteiger partial charge in [0.05, 0.1) is 17.5 Å². The Morgan fingerprint density at radius 3 is 2.27 bits per heavy atom. The van der Waals surface area contributed by atoms with Gasteiger partial charge in [0, 0.05) is 13.1 Å². The standard InChI is InChI=1S/C19H26N4O2S/c1-3-20-19(23-16(2)17-10-6-4-7-11-17)21-14-15-22-26(24,25)18-12-8-5-9-13-18/h4-13,16,22H,3,14-15H2,1-2H3,(H2,20,21,23). The number of sulfonamides is 1. The highest BCUT2D eigenvalue weighted by molar-refractivity contribution is 7.89. The summed E-state index contributed by atoms with van der Waals surface area (Å²) in [5.41, 5.74) is 1.16. The molecule has 1 atom stereocenters. The SMILES string of the molecule is CCNC(=NCCNS(=O)(=O)c1ccccc1)NC(C)c1ccccc1. The number of nitrogens with zero attached hydrogens (tertiary/aromatic N) is 1. The van der Waals surface area contributed by atoms with Crippen LogP contribution in [-0.2, 0) is 10.0 Å². The fourth-order valence-electron chi connectivity index (χ4n) is 2.38. The summed E-state index contributed by atoms with van der Waals surface area (Å²) in [5, 5.41) is 6.50. The Labute approximate surface area is 155 Å². The molecule has 0 heterocycles. The number of hydrogen-bond acceptors (Lipinski definition) is 3. The first-order valence-corrected chi connectivity index (χ1v) is 10.2. The third-order valence-corrected chi connectivity index (χ3v) is 5.20. The van der Waals surface area contributed by atoms with E-state index in [1.54, 1.807) is 30.3 Å². The van der Waals surface area contributed by atoms with Gasteiger partial charge in [-0.25, -0.2) is 13.1 Å². The van der Waals surface area contributed by atoms with Crippen LogP contribution >= 0.6 is 0 Å². The van der Waals surface area contributed by atoms with Gasteiger partial charge in [-0.2, -0.15) is 0 Å². The van der Waals surface area contributed by atoms with Gasteiger partial charge in [-0.15, -0.1) is 0 Å². The highest BCUT2D eigenvalue weighted by Crippen LogP contribution is 2.10. The van der Waals surface area contributed by atoms with Crippen LogP contribution in [0.4, 0.5) is 0 Å². The van der Waals surface area contributed by atoms with Crippen molar-refractivity contribution >= 4 is 16.0 Å². The van der Waals surface area contributed by atoms with E-state index in [2.05, 4.69) is 39.4 Å². The highest BCUT2D eigenvalue weighted by Gasteiger charge is 2.12. The van der Waals surface area contributed by atoms with E-state index in [1.165, 1.54) is 0 Å². The van der Waals surface area contributed by atoms with Crippen molar-refractivity contribution in [3.63, 3.8) is 0 Å². The van der Waals surface area contributed by atoms with Crippen molar-refractivity contribution < 1.29 is 8.42 Å². The lowest BCUT2D eigenvalue weighted by Gasteiger charge is -2.18. The Kier molecular flexibility index (Phi) is 7.62. The maximum Gasteiger partial charge on any atom is 0.240 e. The summed E-state index contributed by atoms with van der Waals surface area (Å²) in [6.07, 6.45) is 0. The largest absolute Gasteiger partial charge is 0.357 e. The summed E-state index contributed by atoms with van der Waals surface area (Å²) in [6.45, 7) is 5.34. The van der Waals surface area contributed by atoms with Crippen LogP contribution in [0.25, 0.3) is 0 Å². The lowest BCUT2D eigenvalue weighted by Crippen LogP contribution is -2.39. The highest BCUT2D eigenvalue weighted by atomic mass is 32.2. The van der Waals surface area contributed by atoms with Gasteiger partial charge < -0.3 is 10.6 Å².